The van der Waals surface area contributed by atoms with Gasteiger partial charge in [0, 0.05) is 68.2 Å². The molecule has 94 heavy (non-hydrogen) atoms. The predicted molar refractivity (Wildman–Crippen MR) is 336 cm³/mol. The van der Waals surface area contributed by atoms with Crippen LogP contribution in [-0.2, 0) is 80.8 Å². The van der Waals surface area contributed by atoms with E-state index >= 15 is 4.79 Å². The Morgan fingerprint density at radius 2 is 1.33 bits per heavy atom. The zero-order valence-electron chi connectivity index (χ0n) is 56.8. The Balaban J connectivity index is 0.911. The van der Waals surface area contributed by atoms with E-state index in [-0.39, 0.29) is 49.7 Å². The van der Waals surface area contributed by atoms with E-state index in [1.54, 1.807) is 33.8 Å². The predicted octanol–water partition coefficient (Wildman–Crippen LogP) is 6.99. The quantitative estimate of drug-likeness (QED) is 0.0335. The van der Waals surface area contributed by atoms with Crippen molar-refractivity contribution >= 4 is 29.6 Å². The fourth-order valence-electron chi connectivity index (χ4n) is 17.0. The number of aliphatic hydroxyl groups excluding tert-OH is 4. The number of carbonyl (C=O) groups excluding carboxylic acids is 5. The summed E-state index contributed by atoms with van der Waals surface area (Å²) in [5.74, 6) is -6.08. The number of ether oxygens (including phenoxy) is 13. The molecule has 0 aromatic rings. The summed E-state index contributed by atoms with van der Waals surface area (Å²) in [7, 11) is 1.27. The van der Waals surface area contributed by atoms with Crippen LogP contribution >= 0.6 is 0 Å². The van der Waals surface area contributed by atoms with Gasteiger partial charge < -0.3 is 93.1 Å². The summed E-state index contributed by atoms with van der Waals surface area (Å²) in [5.41, 5.74) is 3.67. The van der Waals surface area contributed by atoms with Crippen LogP contribution in [0.1, 0.15) is 154 Å². The fourth-order valence-corrected chi connectivity index (χ4v) is 17.0. The van der Waals surface area contributed by atoms with Gasteiger partial charge in [0.2, 0.25) is 5.78 Å². The maximum absolute atomic E-state index is 15.8. The molecule has 7 fully saturated rings. The van der Waals surface area contributed by atoms with Crippen LogP contribution in [0.4, 0.5) is 4.79 Å². The molecule has 1 spiro atoms. The van der Waals surface area contributed by atoms with Crippen molar-refractivity contribution in [2.75, 3.05) is 7.11 Å². The molecule has 0 aromatic carbocycles. The van der Waals surface area contributed by atoms with Gasteiger partial charge in [0.05, 0.1) is 86.2 Å². The first-order chi connectivity index (χ1) is 44.3. The van der Waals surface area contributed by atoms with Gasteiger partial charge in [0.1, 0.15) is 23.5 Å². The molecule has 24 nitrogen and oxygen atoms in total. The standard InChI is InChI=1S/C70H102N2O22/c1-32-15-21-50(89-57-31-68(12,71)63(41(10)87-57)72-67(81)82-14)33(2)26-46-48(76)27-43(17-16-36(5)73)30-70(46)65(79)58(66(80)94-70)64(78)69(13)45(32)19-18-44-59(69)34(3)25-35(4)60(44)93-56-29-52(62(40(9)86-56)88-42(11)74)91-53-24-22-51(38(7)84-53)90-55-28-49(77)61(39(8)85-55)92-54-23-20-47(75)37(6)83-54/h15-19,26-27,34-35,37-41,44-57,59-63,75-78H,20-25,28-31,71H2,1-14H3,(H,72,81)/b17-16+,32-15+,33-26+,64-58+/t34-,35-,37-,38-,39-,40-,41+,44-,45-,46+,47+,48-,49+,50-,51+,52+,53-,54-,55+,56-,57-,59+,60-,61-,62-,63-,68-,69+,70-/m0/s1. The number of nitrogens with two attached hydrogens (primary N) is 1. The molecular formula is C70H102N2O22. The molecule has 10 rings (SSSR count). The molecule has 1 saturated carbocycles. The van der Waals surface area contributed by atoms with Gasteiger partial charge in [-0.25, -0.2) is 9.59 Å². The Bertz CT molecular complexity index is 2980. The maximum Gasteiger partial charge on any atom is 0.407 e. The summed E-state index contributed by atoms with van der Waals surface area (Å²) < 4.78 is 82.3. The third-order valence-electron chi connectivity index (χ3n) is 21.7. The largest absolute Gasteiger partial charge is 0.511 e. The number of fused-ring (bicyclic) bond motifs is 4. The third kappa shape index (κ3) is 14.8. The fraction of sp³-hybridized carbons (Fsp3) is 0.757. The number of hydrogen-bond donors (Lipinski definition) is 6. The normalized spacial score (nSPS) is 47.9. The summed E-state index contributed by atoms with van der Waals surface area (Å²) >= 11 is 0. The van der Waals surface area contributed by atoms with E-state index < -0.39 is 198 Å². The molecule has 10 aliphatic rings. The molecule has 1 amide bonds. The molecule has 4 aliphatic carbocycles. The molecule has 0 aromatic heterocycles. The second-order valence-corrected chi connectivity index (χ2v) is 28.9. The zero-order valence-corrected chi connectivity index (χ0v) is 56.8. The number of rotatable bonds is 14. The molecule has 2 bridgehead atoms. The minimum atomic E-state index is -2.07. The number of esters is 2. The lowest BCUT2D eigenvalue weighted by Gasteiger charge is -2.56. The lowest BCUT2D eigenvalue weighted by molar-refractivity contribution is -0.331. The highest BCUT2D eigenvalue weighted by Gasteiger charge is 2.65. The molecule has 6 heterocycles. The number of nitrogens with one attached hydrogen (secondary N) is 1. The van der Waals surface area contributed by atoms with Gasteiger partial charge in [-0.3, -0.25) is 14.4 Å². The maximum atomic E-state index is 15.8. The highest BCUT2D eigenvalue weighted by atomic mass is 16.8. The number of allylic oxidation sites excluding steroid dienone is 5. The van der Waals surface area contributed by atoms with Gasteiger partial charge in [0.25, 0.3) is 0 Å². The Morgan fingerprint density at radius 3 is 1.99 bits per heavy atom. The van der Waals surface area contributed by atoms with E-state index in [0.717, 1.165) is 5.57 Å². The number of hydrogen-bond acceptors (Lipinski definition) is 23. The molecule has 7 N–H and O–H groups in total. The van der Waals surface area contributed by atoms with E-state index in [1.807, 2.05) is 46.8 Å². The van der Waals surface area contributed by atoms with Gasteiger partial charge in [-0.1, -0.05) is 62.8 Å². The second kappa shape index (κ2) is 29.0. The Hall–Kier alpha value is -4.77. The molecule has 524 valence electrons. The van der Waals surface area contributed by atoms with Crippen molar-refractivity contribution in [2.45, 2.75) is 288 Å². The minimum absolute atomic E-state index is 0.0933. The molecule has 24 heteroatoms. The summed E-state index contributed by atoms with van der Waals surface area (Å²) in [6.07, 6.45) is 1.12. The van der Waals surface area contributed by atoms with Crippen LogP contribution in [-0.4, -0.2) is 191 Å². The van der Waals surface area contributed by atoms with E-state index in [4.69, 9.17) is 67.3 Å². The highest BCUT2D eigenvalue weighted by molar-refractivity contribution is 6.26. The number of Topliss-reactive ketones (excluding diaryl/α,β-unsaturated/α-hetero) is 1. The van der Waals surface area contributed by atoms with Crippen molar-refractivity contribution < 1.29 is 106 Å². The van der Waals surface area contributed by atoms with E-state index in [2.05, 4.69) is 25.2 Å². The molecule has 29 atom stereocenters. The Kier molecular flexibility index (Phi) is 22.2. The monoisotopic (exact) mass is 1320 g/mol. The van der Waals surface area contributed by atoms with Crippen LogP contribution in [0.5, 0.6) is 0 Å². The summed E-state index contributed by atoms with van der Waals surface area (Å²) in [5, 5.41) is 49.8. The summed E-state index contributed by atoms with van der Waals surface area (Å²) in [6, 6.07) is -0.638. The Morgan fingerprint density at radius 1 is 0.691 bits per heavy atom. The Labute approximate surface area is 551 Å². The molecule has 6 saturated heterocycles. The van der Waals surface area contributed by atoms with Gasteiger partial charge in [-0.15, -0.1) is 0 Å². The van der Waals surface area contributed by atoms with Gasteiger partial charge in [-0.05, 0) is 123 Å². The molecular weight excluding hydrogens is 1220 g/mol. The van der Waals surface area contributed by atoms with E-state index in [0.29, 0.717) is 43.3 Å². The first kappa shape index (κ1) is 72.0. The molecule has 6 aliphatic heterocycles. The SMILES string of the molecule is COC(=O)N[C@H]1[C@@H](C)O[C@@H](O[C@H]2C/C=C(\C)[C@@H]3C=C[C@@H]4[C@@H](O[C@H]5C[C@@H](O[C@H]6CC[C@@H](O[C@@H]7C[C@@H](O)[C@@H](O[C@H]8CC[C@@H](O)[C@H](C)O8)[C@H](C)O7)[C@H](C)O6)[C@@H](OC(C)=O)[C@H](C)O5)[C@@H](C)C[C@H](C)[C@H]4[C@]3(C)/C(O)=C3\C(=O)O[C@]4(CC(/C=C/C(C)=O)=C[C@H](O)[C@H]4/C=C/2C)C3=O)C[C@]1(C)N. The van der Waals surface area contributed by atoms with Crippen molar-refractivity contribution in [3.05, 3.63) is 70.6 Å². The van der Waals surface area contributed by atoms with Crippen LogP contribution in [0, 0.1) is 40.9 Å². The number of amides is 1. The van der Waals surface area contributed by atoms with Gasteiger partial charge in [-0.2, -0.15) is 0 Å². The summed E-state index contributed by atoms with van der Waals surface area (Å²) in [6.45, 7) is 23.4. The van der Waals surface area contributed by atoms with Crippen molar-refractivity contribution in [1.29, 1.82) is 0 Å². The summed E-state index contributed by atoms with van der Waals surface area (Å²) in [4.78, 5) is 68.2. The van der Waals surface area contributed by atoms with Gasteiger partial charge in [0.15, 0.2) is 48.9 Å². The highest BCUT2D eigenvalue weighted by Crippen LogP contribution is 2.61. The van der Waals surface area contributed by atoms with E-state index in [1.165, 1.54) is 39.2 Å². The minimum Gasteiger partial charge on any atom is -0.511 e. The number of aliphatic hydroxyl groups is 4. The zero-order chi connectivity index (χ0) is 68.2. The molecule has 0 radical (unpaired) electrons. The number of alkyl carbamates (subject to hydrolysis) is 1. The van der Waals surface area contributed by atoms with Crippen LogP contribution in [0.25, 0.3) is 0 Å². The average Bonchev–Trinajstić information content (AvgIpc) is 1.31. The number of methoxy groups -OCH3 is 1. The van der Waals surface area contributed by atoms with Crippen molar-refractivity contribution in [3.63, 3.8) is 0 Å². The van der Waals surface area contributed by atoms with Crippen LogP contribution in [0.2, 0.25) is 0 Å². The lowest BCUT2D eigenvalue weighted by Crippen LogP contribution is -2.66. The van der Waals surface area contributed by atoms with Crippen molar-refractivity contribution in [2.24, 2.45) is 46.7 Å². The first-order valence-corrected chi connectivity index (χ1v) is 33.9. The number of ketones is 2. The van der Waals surface area contributed by atoms with Gasteiger partial charge >= 0.3 is 18.0 Å². The van der Waals surface area contributed by atoms with Crippen molar-refractivity contribution in [3.8, 4) is 0 Å². The van der Waals surface area contributed by atoms with E-state index in [9.17, 15) is 39.6 Å². The topological polar surface area (TPSA) is 324 Å². The van der Waals surface area contributed by atoms with Crippen LogP contribution < -0.4 is 11.1 Å². The molecule has 0 unspecified atom stereocenters. The third-order valence-corrected chi connectivity index (χ3v) is 21.7. The van der Waals surface area contributed by atoms with Crippen molar-refractivity contribution in [1.82, 2.24) is 5.32 Å². The average molecular weight is 1320 g/mol. The smallest absolute Gasteiger partial charge is 0.407 e. The number of carbonyl (C=O) groups is 5. The van der Waals surface area contributed by atoms with Crippen LogP contribution in [0.15, 0.2) is 70.6 Å². The van der Waals surface area contributed by atoms with Crippen LogP contribution in [0.3, 0.4) is 0 Å². The second-order valence-electron chi connectivity index (χ2n) is 28.9. The lowest BCUT2D eigenvalue weighted by atomic mass is 9.49. The first-order valence-electron chi connectivity index (χ1n) is 33.9.